The van der Waals surface area contributed by atoms with E-state index in [1.54, 1.807) is 6.20 Å². The van der Waals surface area contributed by atoms with Gasteiger partial charge in [-0.15, -0.1) is 10.2 Å². The molecule has 0 bridgehead atoms. The molecule has 0 spiro atoms. The number of hydrogen-bond acceptors (Lipinski definition) is 5. The minimum Gasteiger partial charge on any atom is -0.330 e. The van der Waals surface area contributed by atoms with Gasteiger partial charge in [0.2, 0.25) is 0 Å². The van der Waals surface area contributed by atoms with Crippen LogP contribution in [0.2, 0.25) is 0 Å². The summed E-state index contributed by atoms with van der Waals surface area (Å²) in [6.45, 7) is 3.84. The van der Waals surface area contributed by atoms with E-state index in [9.17, 15) is 0 Å². The molecule has 3 aromatic heterocycles. The molecule has 130 valence electrons. The van der Waals surface area contributed by atoms with Crippen molar-refractivity contribution in [2.24, 2.45) is 7.05 Å². The van der Waals surface area contributed by atoms with Crippen LogP contribution in [0.25, 0.3) is 0 Å². The maximum absolute atomic E-state index is 4.50. The molecule has 0 aliphatic carbocycles. The van der Waals surface area contributed by atoms with Crippen LogP contribution in [0, 0.1) is 0 Å². The lowest BCUT2D eigenvalue weighted by atomic mass is 9.96. The minimum atomic E-state index is 0.435. The number of aromatic nitrogens is 6. The van der Waals surface area contributed by atoms with Crippen LogP contribution in [0.4, 0.5) is 0 Å². The fourth-order valence-electron chi connectivity index (χ4n) is 3.57. The first-order valence-electron chi connectivity index (χ1n) is 8.75. The molecule has 1 saturated heterocycles. The van der Waals surface area contributed by atoms with Crippen LogP contribution < -0.4 is 0 Å². The van der Waals surface area contributed by atoms with Gasteiger partial charge < -0.3 is 9.13 Å². The molecule has 0 amide bonds. The summed E-state index contributed by atoms with van der Waals surface area (Å²) in [6.07, 6.45) is 11.6. The molecule has 4 rings (SSSR count). The Labute approximate surface area is 147 Å². The molecule has 1 aliphatic rings. The molecule has 25 heavy (non-hydrogen) atoms. The zero-order chi connectivity index (χ0) is 17.1. The van der Waals surface area contributed by atoms with E-state index in [1.807, 2.05) is 29.5 Å². The molecule has 3 aromatic rings. The fourth-order valence-corrected chi connectivity index (χ4v) is 3.57. The van der Waals surface area contributed by atoms with Crippen LogP contribution in [0.15, 0.2) is 43.2 Å². The lowest BCUT2D eigenvalue weighted by Crippen LogP contribution is -2.34. The van der Waals surface area contributed by atoms with Crippen LogP contribution in [0.5, 0.6) is 0 Å². The smallest absolute Gasteiger partial charge is 0.152 e. The third-order valence-corrected chi connectivity index (χ3v) is 4.91. The van der Waals surface area contributed by atoms with E-state index in [-0.39, 0.29) is 0 Å². The number of pyridine rings is 1. The lowest BCUT2D eigenvalue weighted by molar-refractivity contribution is 0.195. The maximum Gasteiger partial charge on any atom is 0.152 e. The summed E-state index contributed by atoms with van der Waals surface area (Å²) in [5, 5.41) is 8.92. The van der Waals surface area contributed by atoms with Crippen molar-refractivity contribution in [3.05, 3.63) is 60.5 Å². The quantitative estimate of drug-likeness (QED) is 0.711. The van der Waals surface area contributed by atoms with Crippen molar-refractivity contribution < 1.29 is 0 Å². The molecule has 0 radical (unpaired) electrons. The van der Waals surface area contributed by atoms with Gasteiger partial charge in [-0.3, -0.25) is 9.88 Å². The lowest BCUT2D eigenvalue weighted by Gasteiger charge is -2.32. The number of likely N-dealkylation sites (tertiary alicyclic amines) is 1. The van der Waals surface area contributed by atoms with Gasteiger partial charge in [0.05, 0.1) is 12.9 Å². The van der Waals surface area contributed by atoms with Crippen molar-refractivity contribution >= 4 is 0 Å². The van der Waals surface area contributed by atoms with Crippen LogP contribution in [-0.4, -0.2) is 47.3 Å². The van der Waals surface area contributed by atoms with Crippen molar-refractivity contribution in [3.63, 3.8) is 0 Å². The van der Waals surface area contributed by atoms with Crippen LogP contribution in [-0.2, 0) is 20.1 Å². The Hall–Kier alpha value is -2.54. The van der Waals surface area contributed by atoms with E-state index >= 15 is 0 Å². The zero-order valence-electron chi connectivity index (χ0n) is 14.5. The van der Waals surface area contributed by atoms with Crippen LogP contribution in [0.1, 0.15) is 36.0 Å². The van der Waals surface area contributed by atoms with Gasteiger partial charge in [-0.2, -0.15) is 0 Å². The second kappa shape index (κ2) is 7.14. The van der Waals surface area contributed by atoms with E-state index in [0.717, 1.165) is 31.3 Å². The van der Waals surface area contributed by atoms with Gasteiger partial charge in [0, 0.05) is 50.8 Å². The monoisotopic (exact) mass is 337 g/mol. The van der Waals surface area contributed by atoms with Crippen molar-refractivity contribution in [2.45, 2.75) is 31.8 Å². The highest BCUT2D eigenvalue weighted by molar-refractivity contribution is 5.10. The Morgan fingerprint density at radius 3 is 2.76 bits per heavy atom. The fraction of sp³-hybridized carbons (Fsp3) is 0.444. The molecule has 7 nitrogen and oxygen atoms in total. The SMILES string of the molecule is Cn1c(Cn2ccnc2)nnc1[C@H]1CCCN(Cc2ccncc2)C1. The highest BCUT2D eigenvalue weighted by Crippen LogP contribution is 2.26. The second-order valence-corrected chi connectivity index (χ2v) is 6.70. The molecule has 0 aromatic carbocycles. The summed E-state index contributed by atoms with van der Waals surface area (Å²) in [5.74, 6) is 2.50. The Morgan fingerprint density at radius 2 is 1.96 bits per heavy atom. The second-order valence-electron chi connectivity index (χ2n) is 6.70. The van der Waals surface area contributed by atoms with Crippen molar-refractivity contribution in [1.29, 1.82) is 0 Å². The first kappa shape index (κ1) is 16.0. The maximum atomic E-state index is 4.50. The number of imidazole rings is 1. The first-order valence-corrected chi connectivity index (χ1v) is 8.75. The topological polar surface area (TPSA) is 64.7 Å². The Morgan fingerprint density at radius 1 is 1.08 bits per heavy atom. The summed E-state index contributed by atoms with van der Waals surface area (Å²) in [6, 6.07) is 4.18. The third-order valence-electron chi connectivity index (χ3n) is 4.91. The molecular weight excluding hydrogens is 314 g/mol. The predicted molar refractivity (Wildman–Crippen MR) is 93.8 cm³/mol. The number of nitrogens with zero attached hydrogens (tertiary/aromatic N) is 7. The molecule has 1 atom stereocenters. The molecule has 7 heteroatoms. The highest BCUT2D eigenvalue weighted by Gasteiger charge is 2.26. The summed E-state index contributed by atoms with van der Waals surface area (Å²) in [4.78, 5) is 10.7. The van der Waals surface area contributed by atoms with Gasteiger partial charge in [-0.1, -0.05) is 0 Å². The highest BCUT2D eigenvalue weighted by atomic mass is 15.3. The van der Waals surface area contributed by atoms with Gasteiger partial charge in [-0.05, 0) is 37.1 Å². The number of hydrogen-bond donors (Lipinski definition) is 0. The van der Waals surface area contributed by atoms with Gasteiger partial charge in [-0.25, -0.2) is 4.98 Å². The summed E-state index contributed by atoms with van der Waals surface area (Å²) >= 11 is 0. The van der Waals surface area contributed by atoms with Crippen LogP contribution in [0.3, 0.4) is 0 Å². The Kier molecular flexibility index (Phi) is 4.56. The van der Waals surface area contributed by atoms with E-state index < -0.39 is 0 Å². The molecule has 1 aliphatic heterocycles. The molecule has 0 unspecified atom stereocenters. The molecule has 0 saturated carbocycles. The summed E-state index contributed by atoms with van der Waals surface area (Å²) < 4.78 is 4.17. The molecular formula is C18H23N7. The predicted octanol–water partition coefficient (Wildman–Crippen LogP) is 1.83. The van der Waals surface area contributed by atoms with Crippen molar-refractivity contribution in [2.75, 3.05) is 13.1 Å². The molecule has 0 N–H and O–H groups in total. The largest absolute Gasteiger partial charge is 0.330 e. The minimum absolute atomic E-state index is 0.435. The Balaban J connectivity index is 1.45. The number of piperidine rings is 1. The first-order chi connectivity index (χ1) is 12.3. The Bertz CT molecular complexity index is 794. The van der Waals surface area contributed by atoms with E-state index in [1.165, 1.54) is 18.4 Å². The zero-order valence-corrected chi connectivity index (χ0v) is 14.5. The average Bonchev–Trinajstić information content (AvgIpc) is 3.27. The number of rotatable bonds is 5. The average molecular weight is 337 g/mol. The molecule has 4 heterocycles. The third kappa shape index (κ3) is 3.61. The van der Waals surface area contributed by atoms with Gasteiger partial charge >= 0.3 is 0 Å². The standard InChI is InChI=1S/C18H23N7/c1-23-17(13-25-10-8-20-14-25)21-22-18(23)16-3-2-9-24(12-16)11-15-4-6-19-7-5-15/h4-8,10,14,16H,2-3,9,11-13H2,1H3/t16-/m0/s1. The van der Waals surface area contributed by atoms with Gasteiger partial charge in [0.25, 0.3) is 0 Å². The summed E-state index contributed by atoms with van der Waals surface area (Å²) in [7, 11) is 2.07. The normalized spacial score (nSPS) is 18.5. The van der Waals surface area contributed by atoms with Crippen molar-refractivity contribution in [1.82, 2.24) is 34.2 Å². The van der Waals surface area contributed by atoms with Gasteiger partial charge in [0.15, 0.2) is 5.82 Å². The molecule has 1 fully saturated rings. The van der Waals surface area contributed by atoms with Crippen molar-refractivity contribution in [3.8, 4) is 0 Å². The van der Waals surface area contributed by atoms with Crippen LogP contribution >= 0.6 is 0 Å². The van der Waals surface area contributed by atoms with Gasteiger partial charge in [0.1, 0.15) is 5.82 Å². The van der Waals surface area contributed by atoms with E-state index in [2.05, 4.69) is 48.8 Å². The van der Waals surface area contributed by atoms with E-state index in [0.29, 0.717) is 12.5 Å². The summed E-state index contributed by atoms with van der Waals surface area (Å²) in [5.41, 5.74) is 1.31. The van der Waals surface area contributed by atoms with E-state index in [4.69, 9.17) is 0 Å².